The molecule has 1 atom stereocenters. The Labute approximate surface area is 120 Å². The normalized spacial score (nSPS) is 12.7. The number of carboxylic acid groups (broad SMARTS) is 1. The van der Waals surface area contributed by atoms with Gasteiger partial charge in [-0.15, -0.1) is 0 Å². The second-order valence-corrected chi connectivity index (χ2v) is 5.73. The molecule has 9 nitrogen and oxygen atoms in total. The number of nitro groups is 1. The van der Waals surface area contributed by atoms with Gasteiger partial charge in [-0.25, -0.2) is 8.42 Å². The first-order valence-corrected chi connectivity index (χ1v) is 7.28. The lowest BCUT2D eigenvalue weighted by Crippen LogP contribution is -2.40. The van der Waals surface area contributed by atoms with Crippen LogP contribution in [0.5, 0.6) is 5.75 Å². The molecule has 0 spiro atoms. The smallest absolute Gasteiger partial charge is 0.321 e. The summed E-state index contributed by atoms with van der Waals surface area (Å²) in [5.41, 5.74) is -0.524. The number of hydrogen-bond donors (Lipinski definition) is 2. The molecule has 0 aliphatic carbocycles. The van der Waals surface area contributed by atoms with E-state index in [1.165, 1.54) is 14.0 Å². The summed E-state index contributed by atoms with van der Waals surface area (Å²) in [5.74, 6) is -1.42. The van der Waals surface area contributed by atoms with E-state index in [2.05, 4.69) is 0 Å². The van der Waals surface area contributed by atoms with Gasteiger partial charge in [0, 0.05) is 6.07 Å². The number of nitro benzene ring substituents is 1. The molecule has 1 aromatic carbocycles. The van der Waals surface area contributed by atoms with E-state index in [0.717, 1.165) is 18.2 Å². The fourth-order valence-corrected chi connectivity index (χ4v) is 2.84. The molecule has 0 unspecified atom stereocenters. The number of carbonyl (C=O) groups is 1. The molecular formula is C11H14N2O7S. The lowest BCUT2D eigenvalue weighted by molar-refractivity contribution is -0.386. The summed E-state index contributed by atoms with van der Waals surface area (Å²) in [4.78, 5) is 20.5. The van der Waals surface area contributed by atoms with Crippen molar-refractivity contribution in [1.82, 2.24) is 4.72 Å². The van der Waals surface area contributed by atoms with Crippen LogP contribution in [0.1, 0.15) is 13.3 Å². The van der Waals surface area contributed by atoms with Gasteiger partial charge >= 0.3 is 11.7 Å². The third kappa shape index (κ3) is 3.89. The minimum atomic E-state index is -4.19. The van der Waals surface area contributed by atoms with Crippen molar-refractivity contribution in [3.05, 3.63) is 28.3 Å². The minimum Gasteiger partial charge on any atom is -0.490 e. The number of nitrogens with one attached hydrogen (secondary N) is 1. The van der Waals surface area contributed by atoms with Crippen LogP contribution in [0.4, 0.5) is 5.69 Å². The summed E-state index contributed by atoms with van der Waals surface area (Å²) < 4.78 is 30.8. The topological polar surface area (TPSA) is 136 Å². The Balaban J connectivity index is 3.23. The largest absolute Gasteiger partial charge is 0.490 e. The molecule has 21 heavy (non-hydrogen) atoms. The van der Waals surface area contributed by atoms with Gasteiger partial charge in [0.05, 0.1) is 16.9 Å². The molecular weight excluding hydrogens is 304 g/mol. The number of ether oxygens (including phenoxy) is 1. The fourth-order valence-electron chi connectivity index (χ4n) is 1.54. The van der Waals surface area contributed by atoms with Crippen molar-refractivity contribution in [2.75, 3.05) is 7.11 Å². The average molecular weight is 318 g/mol. The summed E-state index contributed by atoms with van der Waals surface area (Å²) in [6.45, 7) is 1.50. The van der Waals surface area contributed by atoms with Gasteiger partial charge in [0.2, 0.25) is 10.0 Å². The maximum Gasteiger partial charge on any atom is 0.321 e. The predicted octanol–water partition coefficient (Wildman–Crippen LogP) is 0.745. The van der Waals surface area contributed by atoms with Gasteiger partial charge < -0.3 is 9.84 Å². The van der Waals surface area contributed by atoms with Crippen molar-refractivity contribution >= 4 is 21.7 Å². The van der Waals surface area contributed by atoms with Crippen LogP contribution in [0.15, 0.2) is 23.1 Å². The third-order valence-corrected chi connectivity index (χ3v) is 4.13. The molecule has 1 aromatic rings. The molecule has 0 saturated carbocycles. The van der Waals surface area contributed by atoms with Crippen LogP contribution >= 0.6 is 0 Å². The van der Waals surface area contributed by atoms with E-state index in [1.807, 2.05) is 4.72 Å². The van der Waals surface area contributed by atoms with E-state index in [0.29, 0.717) is 0 Å². The second kappa shape index (κ2) is 6.50. The van der Waals surface area contributed by atoms with Gasteiger partial charge in [-0.3, -0.25) is 14.9 Å². The minimum absolute atomic E-state index is 0.0345. The number of nitrogens with zero attached hydrogens (tertiary/aromatic N) is 1. The van der Waals surface area contributed by atoms with E-state index < -0.39 is 37.5 Å². The van der Waals surface area contributed by atoms with Crippen LogP contribution in [0.3, 0.4) is 0 Å². The molecule has 0 aliphatic heterocycles. The first-order chi connectivity index (χ1) is 9.72. The Hall–Kier alpha value is -2.20. The van der Waals surface area contributed by atoms with Gasteiger partial charge in [-0.2, -0.15) is 4.72 Å². The highest BCUT2D eigenvalue weighted by molar-refractivity contribution is 7.89. The third-order valence-electron chi connectivity index (χ3n) is 2.66. The van der Waals surface area contributed by atoms with Crippen LogP contribution in [-0.2, 0) is 14.8 Å². The lowest BCUT2D eigenvalue weighted by atomic mass is 10.2. The van der Waals surface area contributed by atoms with Crippen molar-refractivity contribution in [3.8, 4) is 5.75 Å². The Kier molecular flexibility index (Phi) is 5.22. The monoisotopic (exact) mass is 318 g/mol. The van der Waals surface area contributed by atoms with Gasteiger partial charge in [0.1, 0.15) is 6.04 Å². The molecule has 10 heteroatoms. The number of methoxy groups -OCH3 is 1. The van der Waals surface area contributed by atoms with Crippen molar-refractivity contribution in [3.63, 3.8) is 0 Å². The van der Waals surface area contributed by atoms with Gasteiger partial charge in [0.25, 0.3) is 0 Å². The van der Waals surface area contributed by atoms with Crippen LogP contribution in [0, 0.1) is 10.1 Å². The zero-order chi connectivity index (χ0) is 16.2. The van der Waals surface area contributed by atoms with E-state index in [4.69, 9.17) is 9.84 Å². The Bertz CT molecular complexity index is 657. The van der Waals surface area contributed by atoms with Gasteiger partial charge in [-0.05, 0) is 18.6 Å². The summed E-state index contributed by atoms with van der Waals surface area (Å²) >= 11 is 0. The molecule has 1 rings (SSSR count). The summed E-state index contributed by atoms with van der Waals surface area (Å²) in [6.07, 6.45) is 0.0345. The maximum absolute atomic E-state index is 12.0. The number of hydrogen-bond acceptors (Lipinski definition) is 6. The Morgan fingerprint density at radius 1 is 1.52 bits per heavy atom. The molecule has 0 aliphatic rings. The highest BCUT2D eigenvalue weighted by atomic mass is 32.2. The van der Waals surface area contributed by atoms with Crippen LogP contribution < -0.4 is 9.46 Å². The second-order valence-electron chi connectivity index (χ2n) is 4.01. The number of sulfonamides is 1. The van der Waals surface area contributed by atoms with E-state index in [-0.39, 0.29) is 12.2 Å². The van der Waals surface area contributed by atoms with Crippen molar-refractivity contribution in [2.24, 2.45) is 0 Å². The Morgan fingerprint density at radius 3 is 2.57 bits per heavy atom. The van der Waals surface area contributed by atoms with Crippen LogP contribution in [-0.4, -0.2) is 37.6 Å². The summed E-state index contributed by atoms with van der Waals surface area (Å²) in [6, 6.07) is 1.74. The number of aliphatic carboxylic acids is 1. The summed E-state index contributed by atoms with van der Waals surface area (Å²) in [5, 5.41) is 19.7. The molecule has 0 saturated heterocycles. The molecule has 0 radical (unpaired) electrons. The van der Waals surface area contributed by atoms with E-state index in [1.54, 1.807) is 0 Å². The predicted molar refractivity (Wildman–Crippen MR) is 71.7 cm³/mol. The van der Waals surface area contributed by atoms with Crippen molar-refractivity contribution in [1.29, 1.82) is 0 Å². The number of benzene rings is 1. The molecule has 0 fully saturated rings. The van der Waals surface area contributed by atoms with Crippen molar-refractivity contribution in [2.45, 2.75) is 24.3 Å². The fraction of sp³-hybridized carbons (Fsp3) is 0.364. The lowest BCUT2D eigenvalue weighted by Gasteiger charge is -2.13. The highest BCUT2D eigenvalue weighted by Crippen LogP contribution is 2.29. The molecule has 2 N–H and O–H groups in total. The van der Waals surface area contributed by atoms with E-state index >= 15 is 0 Å². The van der Waals surface area contributed by atoms with Gasteiger partial charge in [0.15, 0.2) is 5.75 Å². The van der Waals surface area contributed by atoms with Crippen LogP contribution in [0.2, 0.25) is 0 Å². The highest BCUT2D eigenvalue weighted by Gasteiger charge is 2.26. The standard InChI is InChI=1S/C11H14N2O7S/c1-3-8(11(14)15)12-21(18,19)7-4-5-10(20-2)9(6-7)13(16)17/h4-6,8,12H,3H2,1-2H3,(H,14,15)/t8-/m0/s1. The number of carboxylic acids is 1. The first kappa shape index (κ1) is 16.9. The molecule has 116 valence electrons. The van der Waals surface area contributed by atoms with Crippen molar-refractivity contribution < 1.29 is 28.0 Å². The molecule has 0 amide bonds. The maximum atomic E-state index is 12.0. The molecule has 0 heterocycles. The zero-order valence-corrected chi connectivity index (χ0v) is 12.1. The zero-order valence-electron chi connectivity index (χ0n) is 11.3. The summed E-state index contributed by atoms with van der Waals surface area (Å²) in [7, 11) is -2.97. The van der Waals surface area contributed by atoms with Gasteiger partial charge in [-0.1, -0.05) is 6.92 Å². The average Bonchev–Trinajstić information content (AvgIpc) is 2.43. The quantitative estimate of drug-likeness (QED) is 0.559. The molecule has 0 aromatic heterocycles. The number of rotatable bonds is 7. The van der Waals surface area contributed by atoms with Crippen LogP contribution in [0.25, 0.3) is 0 Å². The van der Waals surface area contributed by atoms with E-state index in [9.17, 15) is 23.3 Å². The molecule has 0 bridgehead atoms. The Morgan fingerprint density at radius 2 is 2.14 bits per heavy atom. The first-order valence-electron chi connectivity index (χ1n) is 5.80. The SMILES string of the molecule is CC[C@H](NS(=O)(=O)c1ccc(OC)c([N+](=O)[O-])c1)C(=O)O.